The monoisotopic (exact) mass is 383 g/mol. The van der Waals surface area contributed by atoms with Gasteiger partial charge in [-0.15, -0.1) is 0 Å². The van der Waals surface area contributed by atoms with E-state index in [1.54, 1.807) is 6.07 Å². The molecule has 0 aliphatic heterocycles. The number of anilines is 1. The summed E-state index contributed by atoms with van der Waals surface area (Å²) in [7, 11) is 0. The fourth-order valence-corrected chi connectivity index (χ4v) is 3.57. The molecule has 1 aliphatic rings. The third-order valence-corrected chi connectivity index (χ3v) is 5.02. The lowest BCUT2D eigenvalue weighted by molar-refractivity contribution is -0.181. The van der Waals surface area contributed by atoms with E-state index in [0.29, 0.717) is 12.0 Å². The van der Waals surface area contributed by atoms with Crippen LogP contribution in [0.4, 0.5) is 18.9 Å². The number of fused-ring (bicyclic) bond motifs is 3. The first-order chi connectivity index (χ1) is 13.3. The van der Waals surface area contributed by atoms with Gasteiger partial charge in [0.1, 0.15) is 0 Å². The summed E-state index contributed by atoms with van der Waals surface area (Å²) < 4.78 is 45.3. The van der Waals surface area contributed by atoms with Gasteiger partial charge in [0.25, 0.3) is 0 Å². The molecule has 0 spiro atoms. The standard InChI is InChI=1S/C22H16F3NO2/c23-21(24,15-8-2-1-3-9-15)22(25,20(27)28)26-19-12-6-11-17-16-10-5-4-7-14(16)13-18(17)19/h1-12,26H,13H2,(H,27,28)/t22-/m1/s1. The molecule has 0 heterocycles. The van der Waals surface area contributed by atoms with Gasteiger partial charge >= 0.3 is 17.7 Å². The van der Waals surface area contributed by atoms with Crippen molar-refractivity contribution in [2.24, 2.45) is 0 Å². The Kier molecular flexibility index (Phi) is 4.14. The number of halogens is 3. The van der Waals surface area contributed by atoms with Gasteiger partial charge in [0.15, 0.2) is 0 Å². The molecule has 0 fully saturated rings. The van der Waals surface area contributed by atoms with Gasteiger partial charge in [-0.1, -0.05) is 66.7 Å². The highest BCUT2D eigenvalue weighted by Crippen LogP contribution is 2.45. The smallest absolute Gasteiger partial charge is 0.369 e. The van der Waals surface area contributed by atoms with Crippen LogP contribution in [0.5, 0.6) is 0 Å². The molecule has 0 aromatic heterocycles. The van der Waals surface area contributed by atoms with Crippen molar-refractivity contribution in [1.82, 2.24) is 0 Å². The number of alkyl halides is 3. The van der Waals surface area contributed by atoms with Crippen LogP contribution in [-0.4, -0.2) is 16.9 Å². The summed E-state index contributed by atoms with van der Waals surface area (Å²) in [6.45, 7) is 0. The fraction of sp³-hybridized carbons (Fsp3) is 0.136. The Morgan fingerprint density at radius 1 is 0.857 bits per heavy atom. The topological polar surface area (TPSA) is 49.3 Å². The molecule has 0 amide bonds. The van der Waals surface area contributed by atoms with Crippen LogP contribution in [0.2, 0.25) is 0 Å². The zero-order valence-electron chi connectivity index (χ0n) is 14.6. The number of hydrogen-bond acceptors (Lipinski definition) is 2. The number of nitrogens with one attached hydrogen (secondary N) is 1. The van der Waals surface area contributed by atoms with Crippen molar-refractivity contribution < 1.29 is 23.1 Å². The molecule has 1 atom stereocenters. The number of carboxylic acid groups (broad SMARTS) is 1. The average Bonchev–Trinajstić information content (AvgIpc) is 3.08. The normalized spacial score (nSPS) is 14.7. The Hall–Kier alpha value is -3.28. The molecule has 0 unspecified atom stereocenters. The largest absolute Gasteiger partial charge is 0.477 e. The SMILES string of the molecule is O=C(O)[C@@](F)(Nc1cccc2c1Cc1ccccc1-2)C(F)(F)c1ccccc1. The van der Waals surface area contributed by atoms with Crippen molar-refractivity contribution in [3.05, 3.63) is 89.5 Å². The molecule has 1 aliphatic carbocycles. The molecule has 6 heteroatoms. The van der Waals surface area contributed by atoms with Gasteiger partial charge in [-0.25, -0.2) is 4.79 Å². The van der Waals surface area contributed by atoms with Crippen LogP contribution in [0.15, 0.2) is 72.8 Å². The maximum absolute atomic E-state index is 15.4. The van der Waals surface area contributed by atoms with E-state index in [4.69, 9.17) is 0 Å². The van der Waals surface area contributed by atoms with Gasteiger partial charge in [0.05, 0.1) is 0 Å². The number of carboxylic acids is 1. The highest BCUT2D eigenvalue weighted by Gasteiger charge is 2.62. The van der Waals surface area contributed by atoms with E-state index in [0.717, 1.165) is 28.8 Å². The zero-order chi connectivity index (χ0) is 19.9. The number of carbonyl (C=O) groups is 1. The third kappa shape index (κ3) is 2.64. The molecule has 0 saturated heterocycles. The lowest BCUT2D eigenvalue weighted by Gasteiger charge is -2.32. The first-order valence-electron chi connectivity index (χ1n) is 8.68. The predicted molar refractivity (Wildman–Crippen MR) is 100 cm³/mol. The molecule has 0 saturated carbocycles. The van der Waals surface area contributed by atoms with E-state index < -0.39 is 23.2 Å². The van der Waals surface area contributed by atoms with Crippen molar-refractivity contribution in [1.29, 1.82) is 0 Å². The van der Waals surface area contributed by atoms with Crippen LogP contribution in [0.3, 0.4) is 0 Å². The summed E-state index contributed by atoms with van der Waals surface area (Å²) in [6, 6.07) is 18.4. The molecular weight excluding hydrogens is 367 g/mol. The summed E-state index contributed by atoms with van der Waals surface area (Å²) in [4.78, 5) is 11.6. The Bertz CT molecular complexity index is 1050. The number of rotatable bonds is 5. The van der Waals surface area contributed by atoms with Crippen molar-refractivity contribution >= 4 is 11.7 Å². The highest BCUT2D eigenvalue weighted by atomic mass is 19.3. The molecular formula is C22H16F3NO2. The fourth-order valence-electron chi connectivity index (χ4n) is 3.57. The molecule has 28 heavy (non-hydrogen) atoms. The molecule has 3 aromatic rings. The second-order valence-corrected chi connectivity index (χ2v) is 6.69. The molecule has 142 valence electrons. The van der Waals surface area contributed by atoms with Crippen LogP contribution in [0.1, 0.15) is 16.7 Å². The second-order valence-electron chi connectivity index (χ2n) is 6.69. The van der Waals surface area contributed by atoms with E-state index in [2.05, 4.69) is 0 Å². The first kappa shape index (κ1) is 18.1. The molecule has 3 aromatic carbocycles. The third-order valence-electron chi connectivity index (χ3n) is 5.02. The van der Waals surface area contributed by atoms with E-state index in [9.17, 15) is 18.7 Å². The van der Waals surface area contributed by atoms with E-state index in [-0.39, 0.29) is 5.69 Å². The summed E-state index contributed by atoms with van der Waals surface area (Å²) in [5.41, 5.74) is 2.58. The van der Waals surface area contributed by atoms with Gasteiger partial charge in [-0.2, -0.15) is 13.2 Å². The maximum Gasteiger partial charge on any atom is 0.369 e. The quantitative estimate of drug-likeness (QED) is 0.465. The molecule has 0 radical (unpaired) electrons. The van der Waals surface area contributed by atoms with Crippen LogP contribution in [0.25, 0.3) is 11.1 Å². The summed E-state index contributed by atoms with van der Waals surface area (Å²) >= 11 is 0. The van der Waals surface area contributed by atoms with Gasteiger partial charge < -0.3 is 10.4 Å². The van der Waals surface area contributed by atoms with Gasteiger partial charge in [-0.3, -0.25) is 0 Å². The Morgan fingerprint density at radius 2 is 1.50 bits per heavy atom. The summed E-state index contributed by atoms with van der Waals surface area (Å²) in [6.07, 6.45) is 0.404. The van der Waals surface area contributed by atoms with Gasteiger partial charge in [0.2, 0.25) is 0 Å². The van der Waals surface area contributed by atoms with Crippen molar-refractivity contribution in [2.45, 2.75) is 18.1 Å². The zero-order valence-corrected chi connectivity index (χ0v) is 14.6. The number of aliphatic carboxylic acids is 1. The van der Waals surface area contributed by atoms with Gasteiger partial charge in [0, 0.05) is 17.7 Å². The minimum Gasteiger partial charge on any atom is -0.477 e. The van der Waals surface area contributed by atoms with Crippen LogP contribution >= 0.6 is 0 Å². The van der Waals surface area contributed by atoms with Crippen LogP contribution in [-0.2, 0) is 17.1 Å². The maximum atomic E-state index is 15.4. The minimum absolute atomic E-state index is 0.0363. The Morgan fingerprint density at radius 3 is 2.21 bits per heavy atom. The van der Waals surface area contributed by atoms with Crippen molar-refractivity contribution in [3.63, 3.8) is 0 Å². The van der Waals surface area contributed by atoms with E-state index in [1.807, 2.05) is 35.6 Å². The number of benzene rings is 3. The van der Waals surface area contributed by atoms with Crippen molar-refractivity contribution in [2.75, 3.05) is 5.32 Å². The molecule has 4 rings (SSSR count). The predicted octanol–water partition coefficient (Wildman–Crippen LogP) is 5.21. The molecule has 3 nitrogen and oxygen atoms in total. The summed E-state index contributed by atoms with van der Waals surface area (Å²) in [5, 5.41) is 11.4. The van der Waals surface area contributed by atoms with E-state index in [1.165, 1.54) is 24.3 Å². The summed E-state index contributed by atoms with van der Waals surface area (Å²) in [5.74, 6) is -10.6. The second kappa shape index (κ2) is 6.41. The van der Waals surface area contributed by atoms with Crippen LogP contribution < -0.4 is 5.32 Å². The van der Waals surface area contributed by atoms with Crippen molar-refractivity contribution in [3.8, 4) is 11.1 Å². The Balaban J connectivity index is 1.78. The lowest BCUT2D eigenvalue weighted by atomic mass is 9.97. The van der Waals surface area contributed by atoms with Gasteiger partial charge in [-0.05, 0) is 28.3 Å². The molecule has 2 N–H and O–H groups in total. The Labute approximate surface area is 159 Å². The lowest BCUT2D eigenvalue weighted by Crippen LogP contribution is -2.55. The van der Waals surface area contributed by atoms with Crippen LogP contribution in [0, 0.1) is 0 Å². The van der Waals surface area contributed by atoms with E-state index >= 15 is 4.39 Å². The number of hydrogen-bond donors (Lipinski definition) is 2. The minimum atomic E-state index is -4.30. The first-order valence-corrected chi connectivity index (χ1v) is 8.68. The molecule has 0 bridgehead atoms. The average molecular weight is 383 g/mol. The highest BCUT2D eigenvalue weighted by molar-refractivity contribution is 5.86.